The highest BCUT2D eigenvalue weighted by Gasteiger charge is 2.18. The molecule has 4 rings (SSSR count). The smallest absolute Gasteiger partial charge is 0.258 e. The zero-order valence-electron chi connectivity index (χ0n) is 19.4. The number of nitrogens with zero attached hydrogens (tertiary/aromatic N) is 3. The van der Waals surface area contributed by atoms with E-state index < -0.39 is 0 Å². The van der Waals surface area contributed by atoms with Gasteiger partial charge < -0.3 is 19.5 Å². The zero-order valence-corrected chi connectivity index (χ0v) is 20.2. The Labute approximate surface area is 202 Å². The van der Waals surface area contributed by atoms with Crippen molar-refractivity contribution in [1.82, 2.24) is 15.1 Å². The number of hydrogen-bond acceptors (Lipinski definition) is 6. The second-order valence-electron chi connectivity index (χ2n) is 7.62. The third-order valence-electron chi connectivity index (χ3n) is 5.51. The molecule has 3 aromatic rings. The monoisotopic (exact) mass is 483 g/mol. The topological polar surface area (TPSA) is 99.0 Å². The Balaban J connectivity index is 1.63. The Kier molecular flexibility index (Phi) is 6.93. The van der Waals surface area contributed by atoms with Crippen LogP contribution in [0.15, 0.2) is 41.4 Å². The van der Waals surface area contributed by atoms with Gasteiger partial charge in [0.15, 0.2) is 11.5 Å². The van der Waals surface area contributed by atoms with E-state index >= 15 is 0 Å². The molecule has 0 fully saturated rings. The molecule has 2 heterocycles. The number of anilines is 1. The molecule has 34 heavy (non-hydrogen) atoms. The van der Waals surface area contributed by atoms with E-state index in [4.69, 9.17) is 25.8 Å². The summed E-state index contributed by atoms with van der Waals surface area (Å²) in [7, 11) is 1.56. The molecule has 0 aliphatic carbocycles. The van der Waals surface area contributed by atoms with Crippen LogP contribution in [0.2, 0.25) is 5.02 Å². The predicted molar refractivity (Wildman–Crippen MR) is 130 cm³/mol. The summed E-state index contributed by atoms with van der Waals surface area (Å²) in [5.41, 5.74) is 3.90. The molecule has 0 bridgehead atoms. The summed E-state index contributed by atoms with van der Waals surface area (Å²) in [6.45, 7) is 7.21. The van der Waals surface area contributed by atoms with Crippen molar-refractivity contribution in [2.45, 2.75) is 33.9 Å². The van der Waals surface area contributed by atoms with Crippen molar-refractivity contribution >= 4 is 29.2 Å². The lowest BCUT2D eigenvalue weighted by Gasteiger charge is -2.15. The normalized spacial score (nSPS) is 12.6. The lowest BCUT2D eigenvalue weighted by molar-refractivity contribution is 0.0976. The molecule has 2 N–H and O–H groups in total. The molecule has 178 valence electrons. The van der Waals surface area contributed by atoms with Crippen LogP contribution in [0.3, 0.4) is 0 Å². The van der Waals surface area contributed by atoms with Crippen molar-refractivity contribution in [2.24, 2.45) is 4.99 Å². The number of benzene rings is 2. The quantitative estimate of drug-likeness (QED) is 0.400. The number of guanidine groups is 1. The summed E-state index contributed by atoms with van der Waals surface area (Å²) >= 11 is 6.19. The Hall–Kier alpha value is -3.72. The molecule has 1 aromatic heterocycles. The number of aryl methyl sites for hydroxylation is 2. The van der Waals surface area contributed by atoms with Gasteiger partial charge in [0.05, 0.1) is 25.0 Å². The molecule has 10 heteroatoms. The first-order valence-electron chi connectivity index (χ1n) is 10.8. The van der Waals surface area contributed by atoms with Crippen LogP contribution >= 0.6 is 11.6 Å². The van der Waals surface area contributed by atoms with E-state index in [1.807, 2.05) is 25.5 Å². The van der Waals surface area contributed by atoms with Crippen molar-refractivity contribution in [3.63, 3.8) is 0 Å². The van der Waals surface area contributed by atoms with Gasteiger partial charge in [-0.2, -0.15) is 5.10 Å². The van der Waals surface area contributed by atoms with Gasteiger partial charge in [0.25, 0.3) is 5.91 Å². The van der Waals surface area contributed by atoms with E-state index in [2.05, 4.69) is 20.7 Å². The molecular formula is C24H26ClN5O4. The van der Waals surface area contributed by atoms with Crippen LogP contribution in [-0.4, -0.2) is 35.5 Å². The summed E-state index contributed by atoms with van der Waals surface area (Å²) < 4.78 is 18.1. The summed E-state index contributed by atoms with van der Waals surface area (Å²) in [5, 5.41) is 11.1. The van der Waals surface area contributed by atoms with E-state index in [0.717, 1.165) is 23.5 Å². The van der Waals surface area contributed by atoms with Gasteiger partial charge in [0.1, 0.15) is 5.75 Å². The predicted octanol–water partition coefficient (Wildman–Crippen LogP) is 4.31. The lowest BCUT2D eigenvalue weighted by atomic mass is 10.2. The van der Waals surface area contributed by atoms with Gasteiger partial charge in [-0.15, -0.1) is 0 Å². The second kappa shape index (κ2) is 10.0. The molecule has 0 atom stereocenters. The fourth-order valence-electron chi connectivity index (χ4n) is 3.66. The van der Waals surface area contributed by atoms with E-state index in [-0.39, 0.29) is 18.7 Å². The fraction of sp³-hybridized carbons (Fsp3) is 0.292. The van der Waals surface area contributed by atoms with Gasteiger partial charge in [-0.25, -0.2) is 4.99 Å². The van der Waals surface area contributed by atoms with E-state index in [9.17, 15) is 4.79 Å². The van der Waals surface area contributed by atoms with Gasteiger partial charge >= 0.3 is 0 Å². The molecule has 0 radical (unpaired) electrons. The minimum absolute atomic E-state index is 0.132. The minimum Gasteiger partial charge on any atom is -0.495 e. The van der Waals surface area contributed by atoms with Gasteiger partial charge in [-0.1, -0.05) is 11.6 Å². The first-order valence-corrected chi connectivity index (χ1v) is 11.2. The summed E-state index contributed by atoms with van der Waals surface area (Å²) in [6, 6.07) is 10.2. The van der Waals surface area contributed by atoms with Crippen LogP contribution in [0.1, 0.15) is 34.2 Å². The molecule has 1 aliphatic heterocycles. The number of fused-ring (bicyclic) bond motifs is 1. The maximum atomic E-state index is 13.1. The van der Waals surface area contributed by atoms with Gasteiger partial charge in [0.2, 0.25) is 12.8 Å². The Morgan fingerprint density at radius 1 is 1.21 bits per heavy atom. The van der Waals surface area contributed by atoms with Gasteiger partial charge in [-0.3, -0.25) is 14.8 Å². The number of carbonyl (C=O) groups excluding carboxylic acids is 1. The molecule has 0 spiro atoms. The molecule has 1 aliphatic rings. The van der Waals surface area contributed by atoms with Crippen LogP contribution in [0, 0.1) is 13.8 Å². The highest BCUT2D eigenvalue weighted by molar-refractivity contribution is 6.31. The number of halogens is 1. The number of rotatable bonds is 6. The van der Waals surface area contributed by atoms with Crippen LogP contribution in [0.5, 0.6) is 17.2 Å². The number of aromatic nitrogens is 2. The first kappa shape index (κ1) is 23.4. The van der Waals surface area contributed by atoms with Crippen molar-refractivity contribution in [1.29, 1.82) is 0 Å². The van der Waals surface area contributed by atoms with Gasteiger partial charge in [-0.05, 0) is 57.2 Å². The lowest BCUT2D eigenvalue weighted by Crippen LogP contribution is -2.36. The van der Waals surface area contributed by atoms with E-state index in [1.54, 1.807) is 43.5 Å². The average Bonchev–Trinajstić information content (AvgIpc) is 3.40. The second-order valence-corrected chi connectivity index (χ2v) is 8.06. The number of ether oxygens (including phenoxy) is 3. The highest BCUT2D eigenvalue weighted by Crippen LogP contribution is 2.32. The standard InChI is InChI=1S/C24H26ClN5O4/c1-5-30-15(3)18(14(2)29-30)12-26-24(27-19-11-17(25)7-9-20(19)32-4)28-23(31)16-6-8-21-22(10-16)34-13-33-21/h6-11H,5,12-13H2,1-4H3,(H2,26,27,28,31). The third-order valence-corrected chi connectivity index (χ3v) is 5.74. The van der Waals surface area contributed by atoms with E-state index in [0.29, 0.717) is 40.1 Å². The Morgan fingerprint density at radius 2 is 2.00 bits per heavy atom. The summed E-state index contributed by atoms with van der Waals surface area (Å²) in [4.78, 5) is 17.7. The number of nitrogens with one attached hydrogen (secondary N) is 2. The number of carbonyl (C=O) groups is 1. The average molecular weight is 484 g/mol. The van der Waals surface area contributed by atoms with Crippen molar-refractivity contribution in [2.75, 3.05) is 19.2 Å². The molecule has 0 saturated carbocycles. The molecule has 2 aromatic carbocycles. The van der Waals surface area contributed by atoms with Gasteiger partial charge in [0, 0.05) is 28.4 Å². The number of aliphatic imine (C=N–C) groups is 1. The van der Waals surface area contributed by atoms with Crippen LogP contribution in [0.25, 0.3) is 0 Å². The SMILES string of the molecule is CCn1nc(C)c(CN=C(NC(=O)c2ccc3c(c2)OCO3)Nc2cc(Cl)ccc2OC)c1C. The Morgan fingerprint density at radius 3 is 2.74 bits per heavy atom. The Bertz CT molecular complexity index is 1250. The first-order chi connectivity index (χ1) is 16.4. The van der Waals surface area contributed by atoms with Crippen LogP contribution < -0.4 is 24.8 Å². The van der Waals surface area contributed by atoms with Crippen LogP contribution in [0.4, 0.5) is 5.69 Å². The van der Waals surface area contributed by atoms with Crippen molar-refractivity contribution < 1.29 is 19.0 Å². The number of hydrogen-bond donors (Lipinski definition) is 2. The summed E-state index contributed by atoms with van der Waals surface area (Å²) in [5.74, 6) is 1.56. The number of methoxy groups -OCH3 is 1. The molecule has 0 unspecified atom stereocenters. The number of amides is 1. The highest BCUT2D eigenvalue weighted by atomic mass is 35.5. The van der Waals surface area contributed by atoms with Crippen molar-refractivity contribution in [3.8, 4) is 17.2 Å². The largest absolute Gasteiger partial charge is 0.495 e. The van der Waals surface area contributed by atoms with E-state index in [1.165, 1.54) is 0 Å². The minimum atomic E-state index is -0.358. The summed E-state index contributed by atoms with van der Waals surface area (Å²) in [6.07, 6.45) is 0. The fourth-order valence-corrected chi connectivity index (χ4v) is 3.83. The zero-order chi connectivity index (χ0) is 24.2. The third kappa shape index (κ3) is 4.94. The molecule has 9 nitrogen and oxygen atoms in total. The van der Waals surface area contributed by atoms with Crippen LogP contribution in [-0.2, 0) is 13.1 Å². The molecular weight excluding hydrogens is 458 g/mol. The molecule has 0 saturated heterocycles. The maximum Gasteiger partial charge on any atom is 0.258 e. The molecule has 1 amide bonds. The van der Waals surface area contributed by atoms with Crippen molar-refractivity contribution in [3.05, 3.63) is 63.9 Å². The maximum absolute atomic E-state index is 13.1.